The lowest BCUT2D eigenvalue weighted by Crippen LogP contribution is -2.94. The molecule has 0 bridgehead atoms. The van der Waals surface area contributed by atoms with Crippen LogP contribution in [-0.4, -0.2) is 51.7 Å². The van der Waals surface area contributed by atoms with Gasteiger partial charge in [0.05, 0.1) is 37.9 Å². The number of piperidine rings is 3. The second-order valence-corrected chi connectivity index (χ2v) is 7.31. The molecule has 4 heterocycles. The summed E-state index contributed by atoms with van der Waals surface area (Å²) in [6.07, 6.45) is -9.49. The molecule has 120 valence electrons. The Bertz CT molecular complexity index is 488. The van der Waals surface area contributed by atoms with Crippen LogP contribution in [0.2, 0.25) is 0 Å². The molecule has 0 radical (unpaired) electrons. The molecule has 4 fully saturated rings. The monoisotopic (exact) mass is 316 g/mol. The lowest BCUT2D eigenvalue weighted by Gasteiger charge is -2.80. The van der Waals surface area contributed by atoms with E-state index in [0.717, 1.165) is 30.3 Å². The lowest BCUT2D eigenvalue weighted by atomic mass is 9.55. The van der Waals surface area contributed by atoms with Crippen LogP contribution in [0.3, 0.4) is 0 Å². The highest BCUT2D eigenvalue weighted by molar-refractivity contribution is 5.18. The standard InChI is InChI=1S/C13H16F6NO/c14-12(15,16)11(21,13(17,18)19)4-7-3-8-5-10-1-2-20(8,10)9(7)6-10/h7-9,21H,1-6H2/q+1. The summed E-state index contributed by atoms with van der Waals surface area (Å²) in [5, 5.41) is 9.38. The molecule has 0 aromatic heterocycles. The summed E-state index contributed by atoms with van der Waals surface area (Å²) in [6.45, 7) is 0.891. The van der Waals surface area contributed by atoms with E-state index >= 15 is 0 Å². The number of halogens is 6. The Morgan fingerprint density at radius 2 is 1.67 bits per heavy atom. The molecule has 4 rings (SSSR count). The van der Waals surface area contributed by atoms with Crippen LogP contribution >= 0.6 is 0 Å². The number of alkyl halides is 6. The second kappa shape index (κ2) is 3.37. The summed E-state index contributed by atoms with van der Waals surface area (Å²) in [5.41, 5.74) is -4.38. The van der Waals surface area contributed by atoms with Crippen LogP contribution in [0.15, 0.2) is 0 Å². The SMILES string of the molecule is OC(CC1CC2CC34CC[N+]23C1C4)(C(F)(F)F)C(F)(F)F. The Morgan fingerprint density at radius 1 is 1.05 bits per heavy atom. The predicted octanol–water partition coefficient (Wildman–Crippen LogP) is 2.76. The van der Waals surface area contributed by atoms with Gasteiger partial charge in [0.1, 0.15) is 5.54 Å². The Labute approximate surface area is 117 Å². The van der Waals surface area contributed by atoms with Crippen molar-refractivity contribution in [1.82, 2.24) is 0 Å². The van der Waals surface area contributed by atoms with E-state index in [9.17, 15) is 31.4 Å². The molecule has 4 saturated heterocycles. The van der Waals surface area contributed by atoms with E-state index in [-0.39, 0.29) is 17.6 Å². The maximum atomic E-state index is 12.8. The minimum absolute atomic E-state index is 0.103. The van der Waals surface area contributed by atoms with E-state index in [4.69, 9.17) is 0 Å². The van der Waals surface area contributed by atoms with Crippen LogP contribution in [0, 0.1) is 5.92 Å². The van der Waals surface area contributed by atoms with Gasteiger partial charge in [0.2, 0.25) is 0 Å². The largest absolute Gasteiger partial charge is 0.426 e. The average molecular weight is 316 g/mol. The molecule has 1 spiro atoms. The van der Waals surface area contributed by atoms with Crippen molar-refractivity contribution in [3.05, 3.63) is 0 Å². The lowest BCUT2D eigenvalue weighted by molar-refractivity contribution is -1.13. The quantitative estimate of drug-likeness (QED) is 0.613. The maximum absolute atomic E-state index is 12.8. The van der Waals surface area contributed by atoms with Crippen LogP contribution in [0.1, 0.15) is 32.1 Å². The topological polar surface area (TPSA) is 20.2 Å². The Morgan fingerprint density at radius 3 is 2.05 bits per heavy atom. The van der Waals surface area contributed by atoms with Crippen molar-refractivity contribution in [2.75, 3.05) is 6.54 Å². The van der Waals surface area contributed by atoms with Crippen molar-refractivity contribution in [3.8, 4) is 0 Å². The molecule has 5 atom stereocenters. The zero-order valence-electron chi connectivity index (χ0n) is 11.1. The van der Waals surface area contributed by atoms with E-state index < -0.39 is 30.3 Å². The van der Waals surface area contributed by atoms with E-state index in [1.165, 1.54) is 0 Å². The fourth-order valence-electron chi connectivity index (χ4n) is 5.91. The average Bonchev–Trinajstić information content (AvgIpc) is 2.45. The maximum Gasteiger partial charge on any atom is 0.426 e. The molecule has 21 heavy (non-hydrogen) atoms. The Balaban J connectivity index is 1.59. The summed E-state index contributed by atoms with van der Waals surface area (Å²) >= 11 is 0. The summed E-state index contributed by atoms with van der Waals surface area (Å²) in [7, 11) is 0. The van der Waals surface area contributed by atoms with Gasteiger partial charge in [-0.25, -0.2) is 0 Å². The fourth-order valence-corrected chi connectivity index (χ4v) is 5.91. The summed E-state index contributed by atoms with van der Waals surface area (Å²) in [4.78, 5) is 0. The Kier molecular flexibility index (Phi) is 2.27. The molecule has 4 aliphatic heterocycles. The molecule has 0 aromatic rings. The number of rotatable bonds is 2. The van der Waals surface area contributed by atoms with Crippen molar-refractivity contribution >= 4 is 0 Å². The van der Waals surface area contributed by atoms with Crippen LogP contribution in [0.4, 0.5) is 26.3 Å². The van der Waals surface area contributed by atoms with Crippen LogP contribution < -0.4 is 0 Å². The second-order valence-electron chi connectivity index (χ2n) is 7.31. The molecule has 0 saturated carbocycles. The molecule has 5 unspecified atom stereocenters. The zero-order valence-corrected chi connectivity index (χ0v) is 11.1. The first kappa shape index (κ1) is 14.1. The predicted molar refractivity (Wildman–Crippen MR) is 59.1 cm³/mol. The van der Waals surface area contributed by atoms with Crippen molar-refractivity contribution in [3.63, 3.8) is 0 Å². The highest BCUT2D eigenvalue weighted by atomic mass is 19.4. The molecular weight excluding hydrogens is 300 g/mol. The van der Waals surface area contributed by atoms with Gasteiger partial charge in [0.25, 0.3) is 5.60 Å². The first-order valence-corrected chi connectivity index (χ1v) is 7.20. The van der Waals surface area contributed by atoms with Crippen LogP contribution in [0.5, 0.6) is 0 Å². The molecule has 8 heteroatoms. The first-order valence-electron chi connectivity index (χ1n) is 7.20. The number of hydrogen-bond acceptors (Lipinski definition) is 1. The molecule has 0 aliphatic carbocycles. The molecule has 0 aromatic carbocycles. The Hall–Kier alpha value is -0.500. The first-order chi connectivity index (χ1) is 9.47. The van der Waals surface area contributed by atoms with E-state index in [2.05, 4.69) is 0 Å². The van der Waals surface area contributed by atoms with E-state index in [1.54, 1.807) is 0 Å². The van der Waals surface area contributed by atoms with Gasteiger partial charge in [0, 0.05) is 18.8 Å². The molecule has 1 N–H and O–H groups in total. The van der Waals surface area contributed by atoms with E-state index in [0.29, 0.717) is 6.42 Å². The molecular formula is C13H16F6NO+. The van der Waals surface area contributed by atoms with Crippen molar-refractivity contribution in [2.45, 2.75) is 67.7 Å². The van der Waals surface area contributed by atoms with Gasteiger partial charge in [-0.3, -0.25) is 0 Å². The third-order valence-electron chi connectivity index (χ3n) is 6.89. The summed E-state index contributed by atoms with van der Waals surface area (Å²) < 4.78 is 77.6. The highest BCUT2D eigenvalue weighted by Crippen LogP contribution is 2.74. The highest BCUT2D eigenvalue weighted by Gasteiger charge is 2.87. The van der Waals surface area contributed by atoms with Gasteiger partial charge in [-0.15, -0.1) is 0 Å². The third-order valence-corrected chi connectivity index (χ3v) is 6.89. The van der Waals surface area contributed by atoms with Gasteiger partial charge in [-0.05, 0) is 0 Å². The van der Waals surface area contributed by atoms with Gasteiger partial charge < -0.3 is 9.59 Å². The minimum atomic E-state index is -5.68. The number of nitrogens with zero attached hydrogens (tertiary/aromatic N) is 1. The van der Waals surface area contributed by atoms with Crippen LogP contribution in [0.25, 0.3) is 0 Å². The number of quaternary nitrogens is 1. The van der Waals surface area contributed by atoms with Crippen molar-refractivity contribution in [1.29, 1.82) is 0 Å². The number of hydrogen-bond donors (Lipinski definition) is 1. The number of aliphatic hydroxyl groups is 1. The molecule has 2 nitrogen and oxygen atoms in total. The summed E-state index contributed by atoms with van der Waals surface area (Å²) in [6, 6.07) is 0.127. The zero-order chi connectivity index (χ0) is 15.5. The fraction of sp³-hybridized carbons (Fsp3) is 1.00. The molecule has 0 amide bonds. The van der Waals surface area contributed by atoms with Gasteiger partial charge >= 0.3 is 12.4 Å². The van der Waals surface area contributed by atoms with Gasteiger partial charge in [0.15, 0.2) is 0 Å². The van der Waals surface area contributed by atoms with Gasteiger partial charge in [-0.1, -0.05) is 0 Å². The minimum Gasteiger partial charge on any atom is -0.374 e. The van der Waals surface area contributed by atoms with E-state index in [1.807, 2.05) is 0 Å². The van der Waals surface area contributed by atoms with Gasteiger partial charge in [-0.2, -0.15) is 26.3 Å². The summed E-state index contributed by atoms with van der Waals surface area (Å²) in [5.74, 6) is -0.681. The van der Waals surface area contributed by atoms with Crippen molar-refractivity contribution in [2.24, 2.45) is 5.92 Å². The van der Waals surface area contributed by atoms with Crippen molar-refractivity contribution < 1.29 is 35.9 Å². The third kappa shape index (κ3) is 1.27. The molecule has 4 aliphatic rings. The smallest absolute Gasteiger partial charge is 0.374 e. The van der Waals surface area contributed by atoms with Crippen LogP contribution in [-0.2, 0) is 0 Å². The normalized spacial score (nSPS) is 47.9.